The first kappa shape index (κ1) is 28.1. The minimum Gasteiger partial charge on any atom is -0.456 e. The van der Waals surface area contributed by atoms with Crippen LogP contribution in [0.3, 0.4) is 0 Å². The van der Waals surface area contributed by atoms with Crippen molar-refractivity contribution in [1.82, 2.24) is 4.48 Å². The van der Waals surface area contributed by atoms with Gasteiger partial charge in [-0.1, -0.05) is 120 Å². The third-order valence-corrected chi connectivity index (χ3v) is 10.5. The molecule has 1 aliphatic rings. The molecule has 0 aliphatic carbocycles. The predicted molar refractivity (Wildman–Crippen MR) is 208 cm³/mol. The molecule has 232 valence electrons. The zero-order valence-corrected chi connectivity index (χ0v) is 27.7. The second-order valence-electron chi connectivity index (χ2n) is 13.5. The molecule has 0 bridgehead atoms. The van der Waals surface area contributed by atoms with E-state index >= 15 is 0 Å². The van der Waals surface area contributed by atoms with Crippen molar-refractivity contribution in [1.29, 1.82) is 0 Å². The Balaban J connectivity index is 1.44. The number of rotatable bonds is 4. The fraction of sp³-hybridized carbons (Fsp3) is 0.0667. The van der Waals surface area contributed by atoms with E-state index in [-0.39, 0.29) is 6.85 Å². The van der Waals surface area contributed by atoms with Crippen molar-refractivity contribution in [2.75, 3.05) is 4.90 Å². The van der Waals surface area contributed by atoms with E-state index in [0.29, 0.717) is 0 Å². The zero-order valence-electron chi connectivity index (χ0n) is 27.7. The molecule has 4 heteroatoms. The average Bonchev–Trinajstić information content (AvgIpc) is 3.68. The van der Waals surface area contributed by atoms with E-state index in [1.807, 2.05) is 0 Å². The molecule has 1 aliphatic heterocycles. The summed E-state index contributed by atoms with van der Waals surface area (Å²) in [6.07, 6.45) is 0. The van der Waals surface area contributed by atoms with Gasteiger partial charge in [-0.25, -0.2) is 0 Å². The molecule has 3 nitrogen and oxygen atoms in total. The van der Waals surface area contributed by atoms with Crippen LogP contribution >= 0.6 is 0 Å². The van der Waals surface area contributed by atoms with Gasteiger partial charge >= 0.3 is 6.85 Å². The Morgan fingerprint density at radius 2 is 1.16 bits per heavy atom. The zero-order chi connectivity index (χ0) is 32.8. The Morgan fingerprint density at radius 1 is 0.551 bits per heavy atom. The predicted octanol–water partition coefficient (Wildman–Crippen LogP) is 10.7. The van der Waals surface area contributed by atoms with Crippen molar-refractivity contribution in [3.63, 3.8) is 0 Å². The van der Waals surface area contributed by atoms with Gasteiger partial charge in [-0.15, -0.1) is 0 Å². The molecular weight excluding hydrogens is 595 g/mol. The van der Waals surface area contributed by atoms with Crippen LogP contribution < -0.4 is 15.8 Å². The van der Waals surface area contributed by atoms with E-state index < -0.39 is 0 Å². The van der Waals surface area contributed by atoms with E-state index in [4.69, 9.17) is 4.42 Å². The van der Waals surface area contributed by atoms with Crippen LogP contribution in [0, 0.1) is 20.8 Å². The number of nitrogens with zero attached hydrogens (tertiary/aromatic N) is 2. The number of hydrogen-bond acceptors (Lipinski definition) is 2. The lowest BCUT2D eigenvalue weighted by Crippen LogP contribution is -2.53. The summed E-state index contributed by atoms with van der Waals surface area (Å²) in [5.41, 5.74) is 16.5. The van der Waals surface area contributed by atoms with Gasteiger partial charge in [-0.3, -0.25) is 0 Å². The highest BCUT2D eigenvalue weighted by Crippen LogP contribution is 2.47. The molecule has 0 N–H and O–H groups in total. The van der Waals surface area contributed by atoms with Crippen molar-refractivity contribution in [2.24, 2.45) is 0 Å². The topological polar surface area (TPSA) is 21.3 Å². The van der Waals surface area contributed by atoms with Crippen LogP contribution in [0.4, 0.5) is 17.1 Å². The van der Waals surface area contributed by atoms with Crippen molar-refractivity contribution in [3.05, 3.63) is 162 Å². The molecule has 3 heterocycles. The quantitative estimate of drug-likeness (QED) is 0.181. The average molecular weight is 629 g/mol. The summed E-state index contributed by atoms with van der Waals surface area (Å²) in [6, 6.07) is 52.7. The number of furan rings is 1. The number of benzene rings is 7. The van der Waals surface area contributed by atoms with Gasteiger partial charge in [-0.05, 0) is 74.3 Å². The molecule has 0 saturated heterocycles. The van der Waals surface area contributed by atoms with Crippen LogP contribution in [0.5, 0.6) is 0 Å². The Kier molecular flexibility index (Phi) is 6.01. The largest absolute Gasteiger partial charge is 0.456 e. The first-order chi connectivity index (χ1) is 24.1. The second-order valence-corrected chi connectivity index (χ2v) is 13.5. The van der Waals surface area contributed by atoms with Crippen molar-refractivity contribution >= 4 is 78.6 Å². The van der Waals surface area contributed by atoms with Gasteiger partial charge in [0.15, 0.2) is 0 Å². The molecule has 7 aromatic carbocycles. The van der Waals surface area contributed by atoms with Gasteiger partial charge in [0.1, 0.15) is 11.2 Å². The smallest absolute Gasteiger partial charge is 0.333 e. The summed E-state index contributed by atoms with van der Waals surface area (Å²) >= 11 is 0. The lowest BCUT2D eigenvalue weighted by Gasteiger charge is -2.32. The van der Waals surface area contributed by atoms with E-state index in [9.17, 15) is 0 Å². The molecule has 2 aromatic heterocycles. The summed E-state index contributed by atoms with van der Waals surface area (Å²) < 4.78 is 9.73. The van der Waals surface area contributed by atoms with Crippen LogP contribution in [-0.2, 0) is 0 Å². The molecule has 49 heavy (non-hydrogen) atoms. The fourth-order valence-corrected chi connectivity index (χ4v) is 8.71. The van der Waals surface area contributed by atoms with Gasteiger partial charge < -0.3 is 13.8 Å². The van der Waals surface area contributed by atoms with Crippen LogP contribution in [0.2, 0.25) is 0 Å². The highest BCUT2D eigenvalue weighted by molar-refractivity contribution is 6.89. The van der Waals surface area contributed by atoms with Gasteiger partial charge in [0.2, 0.25) is 0 Å². The maximum absolute atomic E-state index is 7.13. The summed E-state index contributed by atoms with van der Waals surface area (Å²) in [4.78, 5) is 2.40. The minimum atomic E-state index is -0.0908. The Morgan fingerprint density at radius 3 is 1.88 bits per heavy atom. The van der Waals surface area contributed by atoms with Crippen molar-refractivity contribution in [2.45, 2.75) is 20.8 Å². The van der Waals surface area contributed by atoms with Crippen molar-refractivity contribution < 1.29 is 4.42 Å². The standard InChI is InChI=1S/C45H33BN2O/c1-28-25-29(2)42(30(3)26-28)46-43-37(35-22-14-21-34-33-19-10-12-23-38(33)48(46)44(34)35)27-39(41-36-20-11-13-24-40(36)49-45(41)43)47(31-15-6-4-7-16-31)32-17-8-5-9-18-32/h4-27H,1-3H3. The first-order valence-corrected chi connectivity index (χ1v) is 17.1. The highest BCUT2D eigenvalue weighted by Gasteiger charge is 2.40. The van der Waals surface area contributed by atoms with Crippen LogP contribution in [0.25, 0.3) is 54.9 Å². The number of hydrogen-bond donors (Lipinski definition) is 0. The molecule has 9 aromatic rings. The van der Waals surface area contributed by atoms with Gasteiger partial charge in [0.25, 0.3) is 0 Å². The third-order valence-electron chi connectivity index (χ3n) is 10.5. The normalized spacial score (nSPS) is 12.3. The molecule has 0 spiro atoms. The van der Waals surface area contributed by atoms with Gasteiger partial charge in [0.05, 0.1) is 11.1 Å². The van der Waals surface area contributed by atoms with Crippen LogP contribution in [0.15, 0.2) is 150 Å². The molecule has 0 fully saturated rings. The monoisotopic (exact) mass is 628 g/mol. The number of fused-ring (bicyclic) bond motifs is 9. The van der Waals surface area contributed by atoms with Crippen molar-refractivity contribution in [3.8, 4) is 11.1 Å². The Hall–Kier alpha value is -6.00. The summed E-state index contributed by atoms with van der Waals surface area (Å²) in [6.45, 7) is 6.65. The third kappa shape index (κ3) is 3.98. The molecule has 0 atom stereocenters. The van der Waals surface area contributed by atoms with Gasteiger partial charge in [0, 0.05) is 49.6 Å². The second kappa shape index (κ2) is 10.5. The lowest BCUT2D eigenvalue weighted by molar-refractivity contribution is 0.671. The molecule has 10 rings (SSSR count). The summed E-state index contributed by atoms with van der Waals surface area (Å²) in [5, 5.41) is 4.79. The molecule has 0 saturated carbocycles. The summed E-state index contributed by atoms with van der Waals surface area (Å²) in [5.74, 6) is 0. The van der Waals surface area contributed by atoms with E-state index in [2.05, 4.69) is 176 Å². The van der Waals surface area contributed by atoms with E-state index in [0.717, 1.165) is 39.0 Å². The number of aryl methyl sites for hydroxylation is 3. The fourth-order valence-electron chi connectivity index (χ4n) is 8.71. The van der Waals surface area contributed by atoms with Gasteiger partial charge in [-0.2, -0.15) is 0 Å². The molecular formula is C45H33BN2O. The Bertz CT molecular complexity index is 2700. The summed E-state index contributed by atoms with van der Waals surface area (Å²) in [7, 11) is 0. The Labute approximate surface area is 285 Å². The number of aromatic nitrogens is 1. The van der Waals surface area contributed by atoms with E-state index in [1.54, 1.807) is 0 Å². The molecule has 0 amide bonds. The number of anilines is 3. The first-order valence-electron chi connectivity index (χ1n) is 17.1. The molecule has 0 radical (unpaired) electrons. The van der Waals surface area contributed by atoms with E-state index in [1.165, 1.54) is 60.5 Å². The van der Waals surface area contributed by atoms with Crippen LogP contribution in [0.1, 0.15) is 16.7 Å². The SMILES string of the molecule is Cc1cc(C)c(B2c3c(cc(N(c4ccccc4)c4ccccc4)c4c3oc3ccccc34)-c3cccc4c5ccccc5n2c34)c(C)c1. The maximum atomic E-state index is 7.13. The number of para-hydroxylation sites is 5. The van der Waals surface area contributed by atoms with Crippen LogP contribution in [-0.4, -0.2) is 11.3 Å². The maximum Gasteiger partial charge on any atom is 0.333 e. The lowest BCUT2D eigenvalue weighted by atomic mass is 9.45. The molecule has 0 unspecified atom stereocenters. The highest BCUT2D eigenvalue weighted by atomic mass is 16.3. The minimum absolute atomic E-state index is 0.0908.